The highest BCUT2D eigenvalue weighted by Crippen LogP contribution is 2.25. The van der Waals surface area contributed by atoms with Crippen LogP contribution in [-0.4, -0.2) is 5.91 Å². The lowest BCUT2D eigenvalue weighted by Gasteiger charge is -2.12. The van der Waals surface area contributed by atoms with Gasteiger partial charge in [-0.1, -0.05) is 18.2 Å². The highest BCUT2D eigenvalue weighted by atomic mass is 19.1. The van der Waals surface area contributed by atoms with Gasteiger partial charge >= 0.3 is 0 Å². The molecule has 0 saturated heterocycles. The summed E-state index contributed by atoms with van der Waals surface area (Å²) in [4.78, 5) is 11.1. The van der Waals surface area contributed by atoms with Gasteiger partial charge in [-0.25, -0.2) is 4.39 Å². The number of hydrogen-bond acceptors (Lipinski definition) is 3. The summed E-state index contributed by atoms with van der Waals surface area (Å²) in [5.74, 6) is -0.124. The summed E-state index contributed by atoms with van der Waals surface area (Å²) in [6.07, 6.45) is 0. The summed E-state index contributed by atoms with van der Waals surface area (Å²) in [6.45, 7) is 1.47. The zero-order valence-corrected chi connectivity index (χ0v) is 11.0. The molecule has 1 amide bonds. The summed E-state index contributed by atoms with van der Waals surface area (Å²) in [6, 6.07) is 11.4. The van der Waals surface area contributed by atoms with E-state index in [4.69, 9.17) is 10.5 Å². The Morgan fingerprint density at radius 3 is 2.75 bits per heavy atom. The second-order valence-electron chi connectivity index (χ2n) is 4.32. The molecule has 0 spiro atoms. The average molecular weight is 274 g/mol. The highest BCUT2D eigenvalue weighted by Gasteiger charge is 2.07. The first kappa shape index (κ1) is 13.9. The van der Waals surface area contributed by atoms with Crippen LogP contribution in [0.2, 0.25) is 0 Å². The summed E-state index contributed by atoms with van der Waals surface area (Å²) in [5.41, 5.74) is 6.80. The van der Waals surface area contributed by atoms with E-state index in [-0.39, 0.29) is 12.5 Å². The quantitative estimate of drug-likeness (QED) is 0.842. The molecule has 2 aromatic rings. The first-order valence-electron chi connectivity index (χ1n) is 6.09. The lowest BCUT2D eigenvalue weighted by atomic mass is 10.2. The molecule has 0 aliphatic rings. The van der Waals surface area contributed by atoms with E-state index in [2.05, 4.69) is 5.32 Å². The number of carbonyl (C=O) groups excluding carboxylic acids is 1. The Balaban J connectivity index is 2.12. The van der Waals surface area contributed by atoms with E-state index < -0.39 is 5.82 Å². The number of nitrogens with one attached hydrogen (secondary N) is 1. The van der Waals surface area contributed by atoms with Crippen LogP contribution in [0.15, 0.2) is 42.5 Å². The van der Waals surface area contributed by atoms with E-state index in [1.807, 2.05) is 0 Å². The smallest absolute Gasteiger partial charge is 0.221 e. The number of carbonyl (C=O) groups is 1. The Kier molecular flexibility index (Phi) is 4.20. The van der Waals surface area contributed by atoms with Gasteiger partial charge in [-0.05, 0) is 24.3 Å². The van der Waals surface area contributed by atoms with Crippen molar-refractivity contribution < 1.29 is 13.9 Å². The first-order valence-corrected chi connectivity index (χ1v) is 6.09. The van der Waals surface area contributed by atoms with Gasteiger partial charge in [-0.15, -0.1) is 0 Å². The highest BCUT2D eigenvalue weighted by molar-refractivity contribution is 5.90. The van der Waals surface area contributed by atoms with Crippen molar-refractivity contribution in [3.63, 3.8) is 0 Å². The number of anilines is 2. The molecule has 0 fully saturated rings. The second-order valence-corrected chi connectivity index (χ2v) is 4.32. The Labute approximate surface area is 116 Å². The van der Waals surface area contributed by atoms with Crippen LogP contribution in [0.5, 0.6) is 5.75 Å². The molecule has 2 aromatic carbocycles. The topological polar surface area (TPSA) is 64.3 Å². The predicted octanol–water partition coefficient (Wildman–Crippen LogP) is 2.95. The molecule has 0 heterocycles. The van der Waals surface area contributed by atoms with Gasteiger partial charge in [0.2, 0.25) is 5.91 Å². The Hall–Kier alpha value is -2.56. The molecule has 104 valence electrons. The molecule has 0 bridgehead atoms. The SMILES string of the molecule is CC(=O)Nc1ccccc1OCc1ccc(N)cc1F. The van der Waals surface area contributed by atoms with Crippen molar-refractivity contribution in [2.45, 2.75) is 13.5 Å². The van der Waals surface area contributed by atoms with Gasteiger partial charge in [0, 0.05) is 18.2 Å². The minimum Gasteiger partial charge on any atom is -0.487 e. The van der Waals surface area contributed by atoms with Gasteiger partial charge in [0.15, 0.2) is 0 Å². The van der Waals surface area contributed by atoms with Crippen LogP contribution in [0.1, 0.15) is 12.5 Å². The average Bonchev–Trinajstić information content (AvgIpc) is 2.39. The molecule has 0 saturated carbocycles. The van der Waals surface area contributed by atoms with Gasteiger partial charge in [-0.3, -0.25) is 4.79 Å². The standard InChI is InChI=1S/C15H15FN2O2/c1-10(19)18-14-4-2-3-5-15(14)20-9-11-6-7-12(17)8-13(11)16/h2-8H,9,17H2,1H3,(H,18,19). The zero-order chi connectivity index (χ0) is 14.5. The van der Waals surface area contributed by atoms with E-state index in [1.165, 1.54) is 13.0 Å². The van der Waals surface area contributed by atoms with E-state index in [9.17, 15) is 9.18 Å². The number of benzene rings is 2. The molecule has 5 heteroatoms. The second kappa shape index (κ2) is 6.06. The number of nitrogens with two attached hydrogens (primary N) is 1. The lowest BCUT2D eigenvalue weighted by molar-refractivity contribution is -0.114. The predicted molar refractivity (Wildman–Crippen MR) is 75.9 cm³/mol. The third-order valence-electron chi connectivity index (χ3n) is 2.66. The third kappa shape index (κ3) is 3.47. The van der Waals surface area contributed by atoms with Gasteiger partial charge < -0.3 is 15.8 Å². The van der Waals surface area contributed by atoms with Crippen LogP contribution < -0.4 is 15.8 Å². The van der Waals surface area contributed by atoms with Gasteiger partial charge in [-0.2, -0.15) is 0 Å². The van der Waals surface area contributed by atoms with Crippen molar-refractivity contribution in [3.05, 3.63) is 53.8 Å². The van der Waals surface area contributed by atoms with E-state index in [0.29, 0.717) is 22.7 Å². The number of hydrogen-bond donors (Lipinski definition) is 2. The summed E-state index contributed by atoms with van der Waals surface area (Å²) < 4.78 is 19.2. The lowest BCUT2D eigenvalue weighted by Crippen LogP contribution is -2.08. The molecule has 4 nitrogen and oxygen atoms in total. The van der Waals surface area contributed by atoms with Gasteiger partial charge in [0.1, 0.15) is 18.2 Å². The molecule has 0 aliphatic heterocycles. The summed E-state index contributed by atoms with van der Waals surface area (Å²) in [7, 11) is 0. The molecule has 3 N–H and O–H groups in total. The minimum absolute atomic E-state index is 0.0582. The van der Waals surface area contributed by atoms with Crippen molar-refractivity contribution in [1.82, 2.24) is 0 Å². The molecule has 20 heavy (non-hydrogen) atoms. The number of rotatable bonds is 4. The molecule has 0 aliphatic carbocycles. The van der Waals surface area contributed by atoms with Gasteiger partial charge in [0.05, 0.1) is 5.69 Å². The molecule has 0 unspecified atom stereocenters. The number of para-hydroxylation sites is 2. The van der Waals surface area contributed by atoms with Crippen LogP contribution in [0.25, 0.3) is 0 Å². The maximum Gasteiger partial charge on any atom is 0.221 e. The fourth-order valence-electron chi connectivity index (χ4n) is 1.72. The maximum atomic E-state index is 13.6. The van der Waals surface area contributed by atoms with Crippen LogP contribution in [0.4, 0.5) is 15.8 Å². The Bertz CT molecular complexity index is 629. The van der Waals surface area contributed by atoms with Crippen molar-refractivity contribution in [2.75, 3.05) is 11.1 Å². The van der Waals surface area contributed by atoms with Crippen molar-refractivity contribution >= 4 is 17.3 Å². The van der Waals surface area contributed by atoms with Gasteiger partial charge in [0.25, 0.3) is 0 Å². The molecular weight excluding hydrogens is 259 g/mol. The van der Waals surface area contributed by atoms with Crippen molar-refractivity contribution in [3.8, 4) is 5.75 Å². The third-order valence-corrected chi connectivity index (χ3v) is 2.66. The fraction of sp³-hybridized carbons (Fsp3) is 0.133. The monoisotopic (exact) mass is 274 g/mol. The number of ether oxygens (including phenoxy) is 1. The number of nitrogen functional groups attached to an aromatic ring is 1. The zero-order valence-electron chi connectivity index (χ0n) is 11.0. The maximum absolute atomic E-state index is 13.6. The van der Waals surface area contributed by atoms with E-state index in [1.54, 1.807) is 36.4 Å². The van der Waals surface area contributed by atoms with Crippen LogP contribution in [0, 0.1) is 5.82 Å². The van der Waals surface area contributed by atoms with Crippen molar-refractivity contribution in [2.24, 2.45) is 0 Å². The Morgan fingerprint density at radius 2 is 2.05 bits per heavy atom. The first-order chi connectivity index (χ1) is 9.56. The molecule has 0 atom stereocenters. The molecule has 2 rings (SSSR count). The number of amides is 1. The van der Waals surface area contributed by atoms with Crippen LogP contribution >= 0.6 is 0 Å². The summed E-state index contributed by atoms with van der Waals surface area (Å²) in [5, 5.41) is 2.66. The molecular formula is C15H15FN2O2. The minimum atomic E-state index is -0.415. The van der Waals surface area contributed by atoms with E-state index >= 15 is 0 Å². The number of halogens is 1. The normalized spacial score (nSPS) is 10.1. The van der Waals surface area contributed by atoms with Crippen molar-refractivity contribution in [1.29, 1.82) is 0 Å². The van der Waals surface area contributed by atoms with Crippen LogP contribution in [-0.2, 0) is 11.4 Å². The molecule has 0 aromatic heterocycles. The Morgan fingerprint density at radius 1 is 1.30 bits per heavy atom. The fourth-order valence-corrected chi connectivity index (χ4v) is 1.72. The van der Waals surface area contributed by atoms with Crippen LogP contribution in [0.3, 0.4) is 0 Å². The molecule has 0 radical (unpaired) electrons. The largest absolute Gasteiger partial charge is 0.487 e. The summed E-state index contributed by atoms with van der Waals surface area (Å²) >= 11 is 0. The van der Waals surface area contributed by atoms with E-state index in [0.717, 1.165) is 0 Å².